The summed E-state index contributed by atoms with van der Waals surface area (Å²) in [5.41, 5.74) is -0.0532. The number of aromatic nitrogens is 3. The molecule has 3 aromatic rings. The molecule has 1 N–H and O–H groups in total. The molecule has 0 spiro atoms. The van der Waals surface area contributed by atoms with Gasteiger partial charge in [-0.25, -0.2) is 4.98 Å². The van der Waals surface area contributed by atoms with E-state index < -0.39 is 0 Å². The molecule has 0 saturated heterocycles. The summed E-state index contributed by atoms with van der Waals surface area (Å²) < 4.78 is 0. The minimum atomic E-state index is -0.0532. The summed E-state index contributed by atoms with van der Waals surface area (Å²) in [5, 5.41) is 0.544. The van der Waals surface area contributed by atoms with Crippen molar-refractivity contribution >= 4 is 11.6 Å². The van der Waals surface area contributed by atoms with Crippen LogP contribution >= 0.6 is 11.6 Å². The number of H-pyrrole nitrogens is 1. The van der Waals surface area contributed by atoms with Gasteiger partial charge in [0.05, 0.1) is 0 Å². The van der Waals surface area contributed by atoms with E-state index in [-0.39, 0.29) is 5.56 Å². The van der Waals surface area contributed by atoms with Crippen molar-refractivity contribution in [2.75, 3.05) is 0 Å². The van der Waals surface area contributed by atoms with Crippen LogP contribution in [0.15, 0.2) is 84.2 Å². The molecular formula is C15H14ClN3O. The Bertz CT molecular complexity index is 570. The molecule has 0 bridgehead atoms. The van der Waals surface area contributed by atoms with Gasteiger partial charge in [-0.05, 0) is 30.3 Å². The molecule has 3 rings (SSSR count). The van der Waals surface area contributed by atoms with Crippen molar-refractivity contribution < 1.29 is 0 Å². The molecular weight excluding hydrogens is 274 g/mol. The van der Waals surface area contributed by atoms with Crippen LogP contribution in [0.5, 0.6) is 0 Å². The topological polar surface area (TPSA) is 58.6 Å². The number of pyridine rings is 3. The number of aromatic amines is 1. The Balaban J connectivity index is 0.000000151. The third-order valence-electron chi connectivity index (χ3n) is 1.88. The fourth-order valence-corrected chi connectivity index (χ4v) is 1.16. The van der Waals surface area contributed by atoms with E-state index in [9.17, 15) is 4.79 Å². The van der Waals surface area contributed by atoms with Gasteiger partial charge >= 0.3 is 0 Å². The standard InChI is InChI=1S/C5H4ClN.C5H5NO.C5H5N/c6-5-3-1-2-4-7-5;7-5-3-1-2-4-6-5;1-2-4-6-5-3-1/h1-4H;1-4H,(H,6,7);1-5H. The molecule has 4 nitrogen and oxygen atoms in total. The second kappa shape index (κ2) is 10.5. The van der Waals surface area contributed by atoms with Crippen molar-refractivity contribution in [2.45, 2.75) is 0 Å². The number of hydrogen-bond donors (Lipinski definition) is 1. The summed E-state index contributed by atoms with van der Waals surface area (Å²) in [6.07, 6.45) is 6.75. The van der Waals surface area contributed by atoms with E-state index in [2.05, 4.69) is 15.0 Å². The summed E-state index contributed by atoms with van der Waals surface area (Å²) in [6, 6.07) is 16.1. The summed E-state index contributed by atoms with van der Waals surface area (Å²) in [7, 11) is 0. The molecule has 0 aliphatic heterocycles. The Labute approximate surface area is 122 Å². The maximum Gasteiger partial charge on any atom is 0.247 e. The maximum atomic E-state index is 10.2. The van der Waals surface area contributed by atoms with Gasteiger partial charge < -0.3 is 4.98 Å². The molecule has 3 heterocycles. The third-order valence-corrected chi connectivity index (χ3v) is 2.10. The van der Waals surface area contributed by atoms with Gasteiger partial charge in [-0.2, -0.15) is 0 Å². The Morgan fingerprint density at radius 2 is 1.55 bits per heavy atom. The van der Waals surface area contributed by atoms with Crippen molar-refractivity contribution in [3.05, 3.63) is 94.9 Å². The molecule has 102 valence electrons. The number of halogens is 1. The number of nitrogens with one attached hydrogen (secondary N) is 1. The first-order valence-corrected chi connectivity index (χ1v) is 6.22. The van der Waals surface area contributed by atoms with Crippen molar-refractivity contribution in [3.8, 4) is 0 Å². The highest BCUT2D eigenvalue weighted by molar-refractivity contribution is 6.29. The fourth-order valence-electron chi connectivity index (χ4n) is 1.03. The zero-order valence-corrected chi connectivity index (χ0v) is 11.4. The first kappa shape index (κ1) is 15.6. The lowest BCUT2D eigenvalue weighted by molar-refractivity contribution is 1.24. The molecule has 0 unspecified atom stereocenters. The van der Waals surface area contributed by atoms with Crippen LogP contribution in [0.4, 0.5) is 0 Å². The lowest BCUT2D eigenvalue weighted by Gasteiger charge is -1.79. The van der Waals surface area contributed by atoms with Crippen LogP contribution in [0.3, 0.4) is 0 Å². The van der Waals surface area contributed by atoms with Crippen LogP contribution in [0.2, 0.25) is 5.15 Å². The van der Waals surface area contributed by atoms with Gasteiger partial charge in [-0.3, -0.25) is 9.78 Å². The summed E-state index contributed by atoms with van der Waals surface area (Å²) in [5.74, 6) is 0. The van der Waals surface area contributed by atoms with Crippen molar-refractivity contribution in [1.82, 2.24) is 15.0 Å². The van der Waals surface area contributed by atoms with Gasteiger partial charge in [0.25, 0.3) is 0 Å². The van der Waals surface area contributed by atoms with Crippen LogP contribution < -0.4 is 5.56 Å². The van der Waals surface area contributed by atoms with Crippen LogP contribution in [0.1, 0.15) is 0 Å². The summed E-state index contributed by atoms with van der Waals surface area (Å²) in [4.78, 5) is 20.2. The van der Waals surface area contributed by atoms with Crippen molar-refractivity contribution in [2.24, 2.45) is 0 Å². The first-order valence-electron chi connectivity index (χ1n) is 5.84. The Morgan fingerprint density at radius 3 is 1.80 bits per heavy atom. The number of rotatable bonds is 0. The van der Waals surface area contributed by atoms with E-state index in [0.29, 0.717) is 5.15 Å². The van der Waals surface area contributed by atoms with Crippen LogP contribution in [-0.4, -0.2) is 15.0 Å². The minimum absolute atomic E-state index is 0.0532. The highest BCUT2D eigenvalue weighted by Crippen LogP contribution is 1.98. The van der Waals surface area contributed by atoms with Crippen molar-refractivity contribution in [1.29, 1.82) is 0 Å². The highest BCUT2D eigenvalue weighted by atomic mass is 35.5. The molecule has 0 atom stereocenters. The fraction of sp³-hybridized carbons (Fsp3) is 0. The Hall–Kier alpha value is -2.46. The average molecular weight is 288 g/mol. The quantitative estimate of drug-likeness (QED) is 0.646. The number of hydrogen-bond acceptors (Lipinski definition) is 3. The predicted molar refractivity (Wildman–Crippen MR) is 80.5 cm³/mol. The second-order valence-electron chi connectivity index (χ2n) is 3.40. The summed E-state index contributed by atoms with van der Waals surface area (Å²) >= 11 is 5.43. The third kappa shape index (κ3) is 8.60. The second-order valence-corrected chi connectivity index (χ2v) is 3.79. The van der Waals surface area contributed by atoms with Gasteiger partial charge in [0, 0.05) is 30.9 Å². The molecule has 0 aliphatic carbocycles. The van der Waals surface area contributed by atoms with E-state index in [1.807, 2.05) is 30.3 Å². The van der Waals surface area contributed by atoms with E-state index in [1.54, 1.807) is 43.0 Å². The zero-order chi connectivity index (χ0) is 14.5. The largest absolute Gasteiger partial charge is 0.329 e. The SMILES string of the molecule is Clc1ccccn1.O=c1cccc[nH]1.c1ccncc1. The van der Waals surface area contributed by atoms with Gasteiger partial charge in [-0.1, -0.05) is 29.8 Å². The van der Waals surface area contributed by atoms with Crippen molar-refractivity contribution in [3.63, 3.8) is 0 Å². The normalized spacial score (nSPS) is 8.45. The molecule has 0 fully saturated rings. The predicted octanol–water partition coefficient (Wildman–Crippen LogP) is 3.19. The van der Waals surface area contributed by atoms with E-state index >= 15 is 0 Å². The molecule has 0 saturated carbocycles. The average Bonchev–Trinajstić information content (AvgIpc) is 2.52. The van der Waals surface area contributed by atoms with Gasteiger partial charge in [0.15, 0.2) is 0 Å². The number of nitrogens with zero attached hydrogens (tertiary/aromatic N) is 2. The Morgan fingerprint density at radius 1 is 0.850 bits per heavy atom. The molecule has 0 radical (unpaired) electrons. The lowest BCUT2D eigenvalue weighted by atomic mass is 10.5. The van der Waals surface area contributed by atoms with E-state index in [0.717, 1.165) is 0 Å². The first-order chi connectivity index (χ1) is 9.79. The van der Waals surface area contributed by atoms with E-state index in [1.165, 1.54) is 6.07 Å². The van der Waals surface area contributed by atoms with Crippen LogP contribution in [0.25, 0.3) is 0 Å². The van der Waals surface area contributed by atoms with Gasteiger partial charge in [0.2, 0.25) is 5.56 Å². The molecule has 20 heavy (non-hydrogen) atoms. The summed E-state index contributed by atoms with van der Waals surface area (Å²) in [6.45, 7) is 0. The zero-order valence-electron chi connectivity index (χ0n) is 10.7. The lowest BCUT2D eigenvalue weighted by Crippen LogP contribution is -1.98. The van der Waals surface area contributed by atoms with E-state index in [4.69, 9.17) is 11.6 Å². The molecule has 0 aliphatic rings. The van der Waals surface area contributed by atoms with Gasteiger partial charge in [-0.15, -0.1) is 0 Å². The minimum Gasteiger partial charge on any atom is -0.329 e. The van der Waals surface area contributed by atoms with Crippen LogP contribution in [-0.2, 0) is 0 Å². The highest BCUT2D eigenvalue weighted by Gasteiger charge is 1.76. The molecule has 3 aromatic heterocycles. The molecule has 0 amide bonds. The Kier molecular flexibility index (Phi) is 8.16. The monoisotopic (exact) mass is 287 g/mol. The molecule has 0 aromatic carbocycles. The smallest absolute Gasteiger partial charge is 0.247 e. The van der Waals surface area contributed by atoms with Crippen LogP contribution in [0, 0.1) is 0 Å². The molecule has 5 heteroatoms. The van der Waals surface area contributed by atoms with Gasteiger partial charge in [0.1, 0.15) is 5.15 Å². The maximum absolute atomic E-state index is 10.2.